The van der Waals surface area contributed by atoms with Crippen molar-refractivity contribution in [3.8, 4) is 0 Å². The van der Waals surface area contributed by atoms with Crippen LogP contribution < -0.4 is 15.9 Å². The van der Waals surface area contributed by atoms with Gasteiger partial charge in [-0.3, -0.25) is 4.79 Å². The maximum Gasteiger partial charge on any atom is 0.407 e. The first-order chi connectivity index (χ1) is 9.04. The summed E-state index contributed by atoms with van der Waals surface area (Å²) in [4.78, 5) is 33.4. The Morgan fingerprint density at radius 1 is 1.11 bits per heavy atom. The SMILES string of the molecule is BNC(=O)C(CCCCNC(=O)OC)NC(=O)OC. The zero-order valence-electron chi connectivity index (χ0n) is 11.4. The van der Waals surface area contributed by atoms with E-state index < -0.39 is 18.2 Å². The molecule has 1 atom stereocenters. The van der Waals surface area contributed by atoms with Crippen LogP contribution in [-0.4, -0.2) is 52.9 Å². The number of hydrogen-bond donors (Lipinski definition) is 3. The van der Waals surface area contributed by atoms with Crippen LogP contribution in [0.3, 0.4) is 0 Å². The third-order valence-corrected chi connectivity index (χ3v) is 2.41. The van der Waals surface area contributed by atoms with Crippen molar-refractivity contribution in [1.82, 2.24) is 15.9 Å². The lowest BCUT2D eigenvalue weighted by Crippen LogP contribution is -2.46. The maximum atomic E-state index is 11.5. The van der Waals surface area contributed by atoms with Crippen molar-refractivity contribution in [2.24, 2.45) is 0 Å². The molecule has 0 saturated carbocycles. The summed E-state index contributed by atoms with van der Waals surface area (Å²) in [6.07, 6.45) is 0.645. The zero-order valence-corrected chi connectivity index (χ0v) is 11.4. The average Bonchev–Trinajstić information content (AvgIpc) is 2.43. The first-order valence-electron chi connectivity index (χ1n) is 5.93. The number of amides is 3. The van der Waals surface area contributed by atoms with Crippen molar-refractivity contribution in [3.05, 3.63) is 0 Å². The molecule has 0 aliphatic carbocycles. The molecule has 0 aromatic rings. The fourth-order valence-electron chi connectivity index (χ4n) is 1.38. The van der Waals surface area contributed by atoms with Gasteiger partial charge in [-0.15, -0.1) is 0 Å². The first-order valence-corrected chi connectivity index (χ1v) is 5.93. The van der Waals surface area contributed by atoms with Crippen LogP contribution in [0.5, 0.6) is 0 Å². The second-order valence-electron chi connectivity index (χ2n) is 3.72. The standard InChI is InChI=1S/C10H20BN3O5/c1-18-9(16)12-6-4-3-5-7(8(15)14-11)13-10(17)19-2/h7H,3-6,11H2,1-2H3,(H,12,16)(H,13,17)(H,14,15). The number of rotatable bonds is 7. The number of methoxy groups -OCH3 is 2. The van der Waals surface area contributed by atoms with Crippen molar-refractivity contribution >= 4 is 26.1 Å². The molecule has 0 fully saturated rings. The second-order valence-corrected chi connectivity index (χ2v) is 3.72. The summed E-state index contributed by atoms with van der Waals surface area (Å²) in [6, 6.07) is -0.643. The van der Waals surface area contributed by atoms with E-state index in [4.69, 9.17) is 0 Å². The van der Waals surface area contributed by atoms with Gasteiger partial charge in [-0.1, -0.05) is 0 Å². The van der Waals surface area contributed by atoms with Crippen LogP contribution in [0.2, 0.25) is 0 Å². The molecule has 0 saturated heterocycles. The van der Waals surface area contributed by atoms with Gasteiger partial charge in [0.05, 0.1) is 14.2 Å². The Morgan fingerprint density at radius 2 is 1.74 bits per heavy atom. The van der Waals surface area contributed by atoms with E-state index in [9.17, 15) is 14.4 Å². The fourth-order valence-corrected chi connectivity index (χ4v) is 1.38. The van der Waals surface area contributed by atoms with Crippen molar-refractivity contribution in [3.63, 3.8) is 0 Å². The summed E-state index contributed by atoms with van der Waals surface area (Å²) in [5.41, 5.74) is 0. The number of unbranched alkanes of at least 4 members (excludes halogenated alkanes) is 1. The topological polar surface area (TPSA) is 106 Å². The number of alkyl carbamates (subject to hydrolysis) is 2. The summed E-state index contributed by atoms with van der Waals surface area (Å²) in [5.74, 6) is -0.286. The minimum Gasteiger partial charge on any atom is -0.453 e. The highest BCUT2D eigenvalue weighted by molar-refractivity contribution is 6.15. The summed E-state index contributed by atoms with van der Waals surface area (Å²) < 4.78 is 8.86. The molecule has 8 nitrogen and oxygen atoms in total. The fraction of sp³-hybridized carbons (Fsp3) is 0.700. The van der Waals surface area contributed by atoms with Gasteiger partial charge < -0.3 is 25.3 Å². The highest BCUT2D eigenvalue weighted by Crippen LogP contribution is 2.01. The quantitative estimate of drug-likeness (QED) is 0.403. The van der Waals surface area contributed by atoms with Gasteiger partial charge in [0.1, 0.15) is 6.04 Å². The number of hydrogen-bond acceptors (Lipinski definition) is 5. The van der Waals surface area contributed by atoms with E-state index in [1.54, 1.807) is 0 Å². The van der Waals surface area contributed by atoms with Gasteiger partial charge in [-0.2, -0.15) is 0 Å². The van der Waals surface area contributed by atoms with E-state index in [2.05, 4.69) is 25.3 Å². The predicted octanol–water partition coefficient (Wildman–Crippen LogP) is -1.10. The van der Waals surface area contributed by atoms with Gasteiger partial charge >= 0.3 is 12.2 Å². The minimum absolute atomic E-state index is 0.286. The molecule has 3 N–H and O–H groups in total. The first kappa shape index (κ1) is 17.1. The number of nitrogens with one attached hydrogen (secondary N) is 3. The lowest BCUT2D eigenvalue weighted by molar-refractivity contribution is -0.121. The predicted molar refractivity (Wildman–Crippen MR) is 70.3 cm³/mol. The zero-order chi connectivity index (χ0) is 14.7. The van der Waals surface area contributed by atoms with Gasteiger partial charge in [0.25, 0.3) is 0 Å². The third kappa shape index (κ3) is 7.90. The summed E-state index contributed by atoms with van der Waals surface area (Å²) in [6.45, 7) is 0.450. The van der Waals surface area contributed by atoms with E-state index in [0.29, 0.717) is 25.8 Å². The molecule has 0 bridgehead atoms. The van der Waals surface area contributed by atoms with Gasteiger partial charge in [-0.05, 0) is 19.3 Å². The summed E-state index contributed by atoms with van der Waals surface area (Å²) in [5, 5.41) is 7.43. The van der Waals surface area contributed by atoms with Crippen LogP contribution >= 0.6 is 0 Å². The Bertz CT molecular complexity index is 314. The number of carbonyl (C=O) groups excluding carboxylic acids is 3. The van der Waals surface area contributed by atoms with Gasteiger partial charge in [0.15, 0.2) is 0 Å². The minimum atomic E-state index is -0.652. The van der Waals surface area contributed by atoms with Crippen LogP contribution in [0.25, 0.3) is 0 Å². The summed E-state index contributed by atoms with van der Waals surface area (Å²) >= 11 is 0. The molecule has 0 radical (unpaired) electrons. The second kappa shape index (κ2) is 10.0. The van der Waals surface area contributed by atoms with E-state index in [-0.39, 0.29) is 5.91 Å². The number of carbonyl (C=O) groups is 3. The van der Waals surface area contributed by atoms with Crippen LogP contribution in [0.15, 0.2) is 0 Å². The van der Waals surface area contributed by atoms with E-state index in [1.165, 1.54) is 22.2 Å². The molecule has 19 heavy (non-hydrogen) atoms. The van der Waals surface area contributed by atoms with Crippen LogP contribution in [0.1, 0.15) is 19.3 Å². The van der Waals surface area contributed by atoms with Gasteiger partial charge in [0, 0.05) is 6.54 Å². The van der Waals surface area contributed by atoms with E-state index in [0.717, 1.165) is 0 Å². The lowest BCUT2D eigenvalue weighted by Gasteiger charge is -2.16. The molecule has 1 unspecified atom stereocenters. The molecule has 0 heterocycles. The Kier molecular flexibility index (Phi) is 9.02. The van der Waals surface area contributed by atoms with Crippen LogP contribution in [-0.2, 0) is 14.3 Å². The normalized spacial score (nSPS) is 11.1. The molecule has 0 aliphatic heterocycles. The van der Waals surface area contributed by atoms with Crippen LogP contribution in [0, 0.1) is 0 Å². The van der Waals surface area contributed by atoms with E-state index in [1.807, 2.05) is 0 Å². The molecule has 0 rings (SSSR count). The molecule has 9 heteroatoms. The third-order valence-electron chi connectivity index (χ3n) is 2.41. The summed E-state index contributed by atoms with van der Waals surface area (Å²) in [7, 11) is 4.01. The highest BCUT2D eigenvalue weighted by Gasteiger charge is 2.18. The Labute approximate surface area is 113 Å². The molecule has 3 amide bonds. The molecule has 108 valence electrons. The largest absolute Gasteiger partial charge is 0.453 e. The monoisotopic (exact) mass is 273 g/mol. The van der Waals surface area contributed by atoms with Gasteiger partial charge in [-0.25, -0.2) is 9.59 Å². The Hall–Kier alpha value is -1.93. The highest BCUT2D eigenvalue weighted by atomic mass is 16.5. The molecule has 0 aromatic heterocycles. The number of ether oxygens (including phenoxy) is 2. The van der Waals surface area contributed by atoms with Crippen molar-refractivity contribution < 1.29 is 23.9 Å². The Morgan fingerprint density at radius 3 is 2.26 bits per heavy atom. The van der Waals surface area contributed by atoms with Gasteiger partial charge in [0.2, 0.25) is 13.9 Å². The molecule has 0 aliphatic rings. The van der Waals surface area contributed by atoms with Crippen molar-refractivity contribution in [2.45, 2.75) is 25.3 Å². The molecule has 0 spiro atoms. The average molecular weight is 273 g/mol. The molecular formula is C10H20BN3O5. The maximum absolute atomic E-state index is 11.5. The molecule has 0 aromatic carbocycles. The Balaban J connectivity index is 3.96. The lowest BCUT2D eigenvalue weighted by atomic mass is 10.1. The molecular weight excluding hydrogens is 253 g/mol. The van der Waals surface area contributed by atoms with Crippen LogP contribution in [0.4, 0.5) is 9.59 Å². The smallest absolute Gasteiger partial charge is 0.407 e. The van der Waals surface area contributed by atoms with Crippen molar-refractivity contribution in [2.75, 3.05) is 20.8 Å². The van der Waals surface area contributed by atoms with E-state index >= 15 is 0 Å². The van der Waals surface area contributed by atoms with Crippen molar-refractivity contribution in [1.29, 1.82) is 0 Å².